The van der Waals surface area contributed by atoms with Crippen LogP contribution in [-0.4, -0.2) is 73.4 Å². The summed E-state index contributed by atoms with van der Waals surface area (Å²) in [7, 11) is -0.648. The van der Waals surface area contributed by atoms with Crippen LogP contribution in [0, 0.1) is 5.92 Å². The van der Waals surface area contributed by atoms with Crippen molar-refractivity contribution in [1.82, 2.24) is 14.1 Å². The van der Waals surface area contributed by atoms with Gasteiger partial charge in [0.15, 0.2) is 5.25 Å². The molecule has 8 heteroatoms. The van der Waals surface area contributed by atoms with Gasteiger partial charge in [-0.15, -0.1) is 0 Å². The zero-order valence-electron chi connectivity index (χ0n) is 12.1. The molecule has 1 saturated carbocycles. The van der Waals surface area contributed by atoms with Crippen LogP contribution in [0.5, 0.6) is 0 Å². The molecule has 1 saturated heterocycles. The second-order valence-electron chi connectivity index (χ2n) is 5.61. The maximum atomic E-state index is 12.4. The van der Waals surface area contributed by atoms with Crippen molar-refractivity contribution in [1.29, 1.82) is 0 Å². The van der Waals surface area contributed by atoms with Gasteiger partial charge in [-0.2, -0.15) is 4.31 Å². The second kappa shape index (κ2) is 5.33. The standard InChI is InChI=1S/C12H21N3O4S/c1-9(11(16)13(2)3)20(18,19)15-7-6-14(8-15)12(17)10-4-5-10/h9-10H,4-8H2,1-3H3. The highest BCUT2D eigenvalue weighted by atomic mass is 32.2. The van der Waals surface area contributed by atoms with Crippen LogP contribution < -0.4 is 0 Å². The number of carbonyl (C=O) groups is 2. The highest BCUT2D eigenvalue weighted by Gasteiger charge is 2.42. The quantitative estimate of drug-likeness (QED) is 0.688. The van der Waals surface area contributed by atoms with Gasteiger partial charge >= 0.3 is 0 Å². The third kappa shape index (κ3) is 2.80. The average molecular weight is 303 g/mol. The molecular weight excluding hydrogens is 282 g/mol. The van der Waals surface area contributed by atoms with E-state index in [0.29, 0.717) is 6.54 Å². The van der Waals surface area contributed by atoms with Crippen LogP contribution in [0.2, 0.25) is 0 Å². The van der Waals surface area contributed by atoms with Gasteiger partial charge in [0.25, 0.3) is 0 Å². The fourth-order valence-electron chi connectivity index (χ4n) is 2.25. The van der Waals surface area contributed by atoms with Gasteiger partial charge < -0.3 is 9.80 Å². The van der Waals surface area contributed by atoms with Gasteiger partial charge in [0, 0.05) is 33.1 Å². The van der Waals surface area contributed by atoms with Gasteiger partial charge in [0.1, 0.15) is 0 Å². The van der Waals surface area contributed by atoms with Crippen molar-refractivity contribution >= 4 is 21.8 Å². The van der Waals surface area contributed by atoms with E-state index in [1.807, 2.05) is 0 Å². The Hall–Kier alpha value is -1.15. The van der Waals surface area contributed by atoms with Gasteiger partial charge in [-0.1, -0.05) is 0 Å². The molecule has 2 amide bonds. The Balaban J connectivity index is 2.04. The first-order valence-electron chi connectivity index (χ1n) is 6.74. The largest absolute Gasteiger partial charge is 0.348 e. The molecule has 1 atom stereocenters. The highest BCUT2D eigenvalue weighted by molar-refractivity contribution is 7.90. The molecule has 1 heterocycles. The van der Waals surface area contributed by atoms with Crippen LogP contribution in [0.1, 0.15) is 19.8 Å². The van der Waals surface area contributed by atoms with E-state index < -0.39 is 21.2 Å². The molecule has 2 fully saturated rings. The molecule has 0 N–H and O–H groups in total. The Bertz CT molecular complexity index is 513. The SMILES string of the molecule is CC(C(=O)N(C)C)S(=O)(=O)N1CCN(C(=O)C2CC2)C1. The smallest absolute Gasteiger partial charge is 0.241 e. The number of rotatable bonds is 4. The lowest BCUT2D eigenvalue weighted by Gasteiger charge is -2.23. The Morgan fingerprint density at radius 1 is 1.20 bits per heavy atom. The molecule has 0 radical (unpaired) electrons. The number of carbonyl (C=O) groups excluding carboxylic acids is 2. The van der Waals surface area contributed by atoms with E-state index in [2.05, 4.69) is 0 Å². The lowest BCUT2D eigenvalue weighted by molar-refractivity contribution is -0.131. The minimum Gasteiger partial charge on any atom is -0.348 e. The summed E-state index contributed by atoms with van der Waals surface area (Å²) in [6, 6.07) is 0. The molecule has 0 aromatic heterocycles. The summed E-state index contributed by atoms with van der Waals surface area (Å²) in [5, 5.41) is -1.12. The summed E-state index contributed by atoms with van der Waals surface area (Å²) in [6.45, 7) is 2.15. The van der Waals surface area contributed by atoms with Crippen molar-refractivity contribution in [2.24, 2.45) is 5.92 Å². The van der Waals surface area contributed by atoms with Gasteiger partial charge in [0.05, 0.1) is 6.67 Å². The summed E-state index contributed by atoms with van der Waals surface area (Å²) in [6.07, 6.45) is 1.80. The van der Waals surface area contributed by atoms with Crippen LogP contribution >= 0.6 is 0 Å². The minimum absolute atomic E-state index is 0.0364. The number of hydrogen-bond acceptors (Lipinski definition) is 4. The number of nitrogens with zero attached hydrogens (tertiary/aromatic N) is 3. The van der Waals surface area contributed by atoms with Crippen LogP contribution in [0.15, 0.2) is 0 Å². The predicted molar refractivity (Wildman–Crippen MR) is 73.1 cm³/mol. The van der Waals surface area contributed by atoms with E-state index in [1.54, 1.807) is 4.90 Å². The van der Waals surface area contributed by atoms with E-state index in [0.717, 1.165) is 12.8 Å². The van der Waals surface area contributed by atoms with E-state index >= 15 is 0 Å². The summed E-state index contributed by atoms with van der Waals surface area (Å²) >= 11 is 0. The summed E-state index contributed by atoms with van der Waals surface area (Å²) in [5.74, 6) is -0.329. The first-order valence-corrected chi connectivity index (χ1v) is 8.24. The summed E-state index contributed by atoms with van der Waals surface area (Å²) < 4.78 is 26.0. The molecule has 7 nitrogen and oxygen atoms in total. The molecule has 0 bridgehead atoms. The van der Waals surface area contributed by atoms with Crippen LogP contribution in [0.4, 0.5) is 0 Å². The molecule has 20 heavy (non-hydrogen) atoms. The molecular formula is C12H21N3O4S. The maximum Gasteiger partial charge on any atom is 0.241 e. The Morgan fingerprint density at radius 2 is 1.80 bits per heavy atom. The van der Waals surface area contributed by atoms with Gasteiger partial charge in [0.2, 0.25) is 21.8 Å². The van der Waals surface area contributed by atoms with E-state index in [1.165, 1.54) is 30.2 Å². The molecule has 114 valence electrons. The molecule has 0 aromatic carbocycles. The molecule has 0 spiro atoms. The Morgan fingerprint density at radius 3 is 2.30 bits per heavy atom. The van der Waals surface area contributed by atoms with Gasteiger partial charge in [-0.25, -0.2) is 8.42 Å². The van der Waals surface area contributed by atoms with Gasteiger partial charge in [-0.05, 0) is 19.8 Å². The molecule has 0 aromatic rings. The number of sulfonamides is 1. The topological polar surface area (TPSA) is 78.0 Å². The number of amides is 2. The second-order valence-corrected chi connectivity index (χ2v) is 7.87. The van der Waals surface area contributed by atoms with E-state index in [-0.39, 0.29) is 25.0 Å². The van der Waals surface area contributed by atoms with Crippen molar-refractivity contribution in [3.8, 4) is 0 Å². The van der Waals surface area contributed by atoms with Crippen LogP contribution in [0.3, 0.4) is 0 Å². The normalized spacial score (nSPS) is 21.9. The van der Waals surface area contributed by atoms with Crippen molar-refractivity contribution in [2.45, 2.75) is 25.0 Å². The lowest BCUT2D eigenvalue weighted by Crippen LogP contribution is -2.45. The molecule has 2 aliphatic rings. The Kier molecular flexibility index (Phi) is 4.06. The minimum atomic E-state index is -3.71. The fraction of sp³-hybridized carbons (Fsp3) is 0.833. The third-order valence-corrected chi connectivity index (χ3v) is 5.89. The number of hydrogen-bond donors (Lipinski definition) is 0. The Labute approximate surface area is 119 Å². The van der Waals surface area contributed by atoms with Crippen LogP contribution in [-0.2, 0) is 19.6 Å². The summed E-state index contributed by atoms with van der Waals surface area (Å²) in [4.78, 5) is 26.6. The first-order chi connectivity index (χ1) is 9.25. The summed E-state index contributed by atoms with van der Waals surface area (Å²) in [5.41, 5.74) is 0. The monoisotopic (exact) mass is 303 g/mol. The molecule has 1 aliphatic heterocycles. The zero-order chi connectivity index (χ0) is 15.1. The van der Waals surface area contributed by atoms with Crippen LogP contribution in [0.25, 0.3) is 0 Å². The molecule has 2 rings (SSSR count). The lowest BCUT2D eigenvalue weighted by atomic mass is 10.4. The van der Waals surface area contributed by atoms with Gasteiger partial charge in [-0.3, -0.25) is 9.59 Å². The van der Waals surface area contributed by atoms with E-state index in [9.17, 15) is 18.0 Å². The molecule has 1 unspecified atom stereocenters. The zero-order valence-corrected chi connectivity index (χ0v) is 12.9. The maximum absolute atomic E-state index is 12.4. The third-order valence-electron chi connectivity index (χ3n) is 3.78. The first kappa shape index (κ1) is 15.2. The van der Waals surface area contributed by atoms with E-state index in [4.69, 9.17) is 0 Å². The van der Waals surface area contributed by atoms with Crippen molar-refractivity contribution in [3.05, 3.63) is 0 Å². The molecule has 1 aliphatic carbocycles. The van der Waals surface area contributed by atoms with Crippen molar-refractivity contribution < 1.29 is 18.0 Å². The fourth-order valence-corrected chi connectivity index (χ4v) is 3.80. The predicted octanol–water partition coefficient (Wildman–Crippen LogP) is -0.695. The highest BCUT2D eigenvalue weighted by Crippen LogP contribution is 2.32. The van der Waals surface area contributed by atoms with Crippen molar-refractivity contribution in [3.63, 3.8) is 0 Å². The van der Waals surface area contributed by atoms with Crippen molar-refractivity contribution in [2.75, 3.05) is 33.9 Å². The average Bonchev–Trinajstić information content (AvgIpc) is 3.12.